The van der Waals surface area contributed by atoms with Gasteiger partial charge in [-0.2, -0.15) is 0 Å². The van der Waals surface area contributed by atoms with Crippen LogP contribution in [0.2, 0.25) is 18.1 Å². The number of hydrogen-bond donors (Lipinski definition) is 0. The highest BCUT2D eigenvalue weighted by molar-refractivity contribution is 6.74. The van der Waals surface area contributed by atoms with Crippen LogP contribution in [0.1, 0.15) is 93.4 Å². The molecule has 0 bridgehead atoms. The van der Waals surface area contributed by atoms with Crippen LogP contribution < -0.4 is 0 Å². The minimum atomic E-state index is -2.22. The lowest BCUT2D eigenvalue weighted by molar-refractivity contribution is -0.00239. The number of aromatic nitrogens is 3. The van der Waals surface area contributed by atoms with Gasteiger partial charge in [0.15, 0.2) is 8.32 Å². The van der Waals surface area contributed by atoms with Crippen molar-refractivity contribution in [3.63, 3.8) is 0 Å². The minimum Gasteiger partial charge on any atom is -0.444 e. The fourth-order valence-corrected chi connectivity index (χ4v) is 7.52. The summed E-state index contributed by atoms with van der Waals surface area (Å²) in [4.78, 5) is 35.4. The van der Waals surface area contributed by atoms with E-state index in [1.807, 2.05) is 74.2 Å². The average molecular weight is 712 g/mol. The van der Waals surface area contributed by atoms with E-state index >= 15 is 0 Å². The third-order valence-electron chi connectivity index (χ3n) is 9.86. The van der Waals surface area contributed by atoms with Crippen LogP contribution in [-0.2, 0) is 22.1 Å². The molecule has 1 aliphatic rings. The number of rotatable bonds is 10. The molecular weight excluding hydrogens is 659 g/mol. The van der Waals surface area contributed by atoms with Gasteiger partial charge in [0.2, 0.25) is 11.8 Å². The number of likely N-dealkylation sites (tertiary alicyclic amines) is 1. The molecular formula is C40H53N5O5Si. The predicted molar refractivity (Wildman–Crippen MR) is 201 cm³/mol. The molecule has 1 fully saturated rings. The molecule has 0 unspecified atom stereocenters. The van der Waals surface area contributed by atoms with Crippen molar-refractivity contribution < 1.29 is 23.2 Å². The maximum absolute atomic E-state index is 14.0. The third-order valence-corrected chi connectivity index (χ3v) is 14.3. The highest BCUT2D eigenvalue weighted by Gasteiger charge is 2.47. The van der Waals surface area contributed by atoms with Gasteiger partial charge in [0, 0.05) is 44.5 Å². The Labute approximate surface area is 303 Å². The van der Waals surface area contributed by atoms with E-state index in [9.17, 15) is 9.59 Å². The summed E-state index contributed by atoms with van der Waals surface area (Å²) in [5.74, 6) is 0.762. The molecule has 4 aromatic rings. The summed E-state index contributed by atoms with van der Waals surface area (Å²) in [6, 6.07) is 19.6. The van der Waals surface area contributed by atoms with Gasteiger partial charge in [0.1, 0.15) is 5.60 Å². The molecule has 51 heavy (non-hydrogen) atoms. The molecule has 2 amide bonds. The van der Waals surface area contributed by atoms with Gasteiger partial charge >= 0.3 is 6.09 Å². The van der Waals surface area contributed by atoms with E-state index < -0.39 is 13.9 Å². The number of nitrogens with zero attached hydrogens (tertiary/aromatic N) is 5. The normalized spacial score (nSPS) is 17.3. The first kappa shape index (κ1) is 37.9. The molecule has 3 heterocycles. The fourth-order valence-electron chi connectivity index (χ4n) is 6.24. The topological polar surface area (TPSA) is 111 Å². The van der Waals surface area contributed by atoms with Gasteiger partial charge in [-0.1, -0.05) is 63.2 Å². The Morgan fingerprint density at radius 3 is 2.25 bits per heavy atom. The monoisotopic (exact) mass is 711 g/mol. The van der Waals surface area contributed by atoms with E-state index in [2.05, 4.69) is 61.2 Å². The smallest absolute Gasteiger partial charge is 0.410 e. The minimum absolute atomic E-state index is 0.00268. The lowest BCUT2D eigenvalue weighted by atomic mass is 10.0. The second kappa shape index (κ2) is 15.1. The number of benzene rings is 2. The van der Waals surface area contributed by atoms with E-state index in [1.165, 1.54) is 0 Å². The van der Waals surface area contributed by atoms with Gasteiger partial charge in [0.05, 0.1) is 17.7 Å². The Kier molecular flexibility index (Phi) is 11.2. The second-order valence-corrected chi connectivity index (χ2v) is 20.9. The number of pyridine rings is 1. The second-order valence-electron chi connectivity index (χ2n) is 16.2. The Morgan fingerprint density at radius 1 is 0.961 bits per heavy atom. The molecule has 11 heteroatoms. The summed E-state index contributed by atoms with van der Waals surface area (Å²) >= 11 is 0. The molecule has 272 valence electrons. The van der Waals surface area contributed by atoms with Crippen molar-refractivity contribution in [1.29, 1.82) is 0 Å². The highest BCUT2D eigenvalue weighted by atomic mass is 28.4. The van der Waals surface area contributed by atoms with Crippen molar-refractivity contribution in [2.24, 2.45) is 0 Å². The summed E-state index contributed by atoms with van der Waals surface area (Å²) in [6.07, 6.45) is 5.02. The summed E-state index contributed by atoms with van der Waals surface area (Å²) in [6.45, 7) is 19.1. The highest BCUT2D eigenvalue weighted by Crippen LogP contribution is 2.44. The van der Waals surface area contributed by atoms with Crippen molar-refractivity contribution in [3.8, 4) is 11.5 Å². The standard InChI is InChI=1S/C40H53N5O5Si/c1-27-42-43-36(48-27)32-22-29(24-41-25-32)26-44(8)37(46)31-18-16-28(17-19-31)23-33-20-21-34(45(33)38(47)49-39(2,3)4)35(30-14-12-11-13-15-30)50-51(9,10)40(5,6)7/h11-19,22,24-25,33-35H,20-21,23,26H2,1-10H3/t33-,34+,35+/m0/s1. The summed E-state index contributed by atoms with van der Waals surface area (Å²) in [5.41, 5.74) is 3.60. The number of carbonyl (C=O) groups excluding carboxylic acids is 2. The molecule has 0 radical (unpaired) electrons. The Hall–Kier alpha value is -4.35. The SMILES string of the molecule is Cc1nnc(-c2cncc(CN(C)C(=O)c3ccc(C[C@@H]4CC[C@H]([C@H](O[Si](C)(C)C(C)(C)C)c5ccccc5)N4C(=O)OC(C)(C)C)cc3)c2)o1. The first-order valence-electron chi connectivity index (χ1n) is 17.7. The van der Waals surface area contributed by atoms with Crippen molar-refractivity contribution in [2.45, 2.75) is 116 Å². The lowest BCUT2D eigenvalue weighted by Gasteiger charge is -2.43. The molecule has 3 atom stereocenters. The first-order valence-corrected chi connectivity index (χ1v) is 20.7. The molecule has 0 aliphatic carbocycles. The van der Waals surface area contributed by atoms with E-state index in [-0.39, 0.29) is 35.2 Å². The molecule has 10 nitrogen and oxygen atoms in total. The molecule has 5 rings (SSSR count). The van der Waals surface area contributed by atoms with Crippen molar-refractivity contribution in [3.05, 3.63) is 101 Å². The Morgan fingerprint density at radius 2 is 1.65 bits per heavy atom. The van der Waals surface area contributed by atoms with Gasteiger partial charge in [-0.15, -0.1) is 10.2 Å². The number of carbonyl (C=O) groups is 2. The van der Waals surface area contributed by atoms with Crippen LogP contribution >= 0.6 is 0 Å². The van der Waals surface area contributed by atoms with Crippen LogP contribution in [0.15, 0.2) is 77.5 Å². The van der Waals surface area contributed by atoms with Crippen LogP contribution in [0.3, 0.4) is 0 Å². The van der Waals surface area contributed by atoms with Gasteiger partial charge in [0.25, 0.3) is 5.91 Å². The van der Waals surface area contributed by atoms with Crippen LogP contribution in [0.25, 0.3) is 11.5 Å². The zero-order valence-corrected chi connectivity index (χ0v) is 32.8. The number of ether oxygens (including phenoxy) is 1. The number of amides is 2. The molecule has 1 aliphatic heterocycles. The maximum Gasteiger partial charge on any atom is 0.410 e. The zero-order chi connectivity index (χ0) is 37.1. The quantitative estimate of drug-likeness (QED) is 0.150. The van der Waals surface area contributed by atoms with Gasteiger partial charge in [-0.3, -0.25) is 14.7 Å². The van der Waals surface area contributed by atoms with Crippen LogP contribution in [-0.4, -0.2) is 70.0 Å². The summed E-state index contributed by atoms with van der Waals surface area (Å²) in [5, 5.41) is 7.96. The zero-order valence-electron chi connectivity index (χ0n) is 31.8. The van der Waals surface area contributed by atoms with Crippen molar-refractivity contribution >= 4 is 20.3 Å². The largest absolute Gasteiger partial charge is 0.444 e. The van der Waals surface area contributed by atoms with Gasteiger partial charge in [-0.05, 0) is 93.1 Å². The molecule has 0 spiro atoms. The first-order chi connectivity index (χ1) is 23.9. The van der Waals surface area contributed by atoms with E-state index in [0.29, 0.717) is 35.9 Å². The molecule has 2 aromatic heterocycles. The number of hydrogen-bond acceptors (Lipinski definition) is 8. The molecule has 0 saturated carbocycles. The average Bonchev–Trinajstić information content (AvgIpc) is 3.69. The molecule has 2 aromatic carbocycles. The van der Waals surface area contributed by atoms with Crippen molar-refractivity contribution in [1.82, 2.24) is 25.0 Å². The Balaban J connectivity index is 1.34. The summed E-state index contributed by atoms with van der Waals surface area (Å²) < 4.78 is 18.7. The maximum atomic E-state index is 14.0. The lowest BCUT2D eigenvalue weighted by Crippen LogP contribution is -2.50. The van der Waals surface area contributed by atoms with Crippen LogP contribution in [0.4, 0.5) is 4.79 Å². The van der Waals surface area contributed by atoms with E-state index in [1.54, 1.807) is 31.3 Å². The fraction of sp³-hybridized carbons (Fsp3) is 0.475. The van der Waals surface area contributed by atoms with E-state index in [0.717, 1.165) is 29.5 Å². The van der Waals surface area contributed by atoms with Crippen LogP contribution in [0, 0.1) is 6.92 Å². The molecule has 0 N–H and O–H groups in total. The van der Waals surface area contributed by atoms with Crippen LogP contribution in [0.5, 0.6) is 0 Å². The third kappa shape index (κ3) is 9.31. The van der Waals surface area contributed by atoms with Crippen molar-refractivity contribution in [2.75, 3.05) is 7.05 Å². The van der Waals surface area contributed by atoms with Gasteiger partial charge < -0.3 is 18.5 Å². The van der Waals surface area contributed by atoms with E-state index in [4.69, 9.17) is 13.6 Å². The Bertz CT molecular complexity index is 1800. The summed E-state index contributed by atoms with van der Waals surface area (Å²) in [7, 11) is -0.452. The molecule has 1 saturated heterocycles. The predicted octanol–water partition coefficient (Wildman–Crippen LogP) is 8.79. The number of aryl methyl sites for hydroxylation is 1. The van der Waals surface area contributed by atoms with Gasteiger partial charge in [-0.25, -0.2) is 4.79 Å².